The Hall–Kier alpha value is -1.16. The molecule has 0 radical (unpaired) electrons. The fourth-order valence-corrected chi connectivity index (χ4v) is 1.62. The maximum absolute atomic E-state index is 5.57. The number of hydrogen-bond acceptors (Lipinski definition) is 4. The van der Waals surface area contributed by atoms with Crippen LogP contribution in [0.1, 0.15) is 44.1 Å². The topological polar surface area (TPSA) is 47.0 Å². The Kier molecular flexibility index (Phi) is 6.55. The lowest BCUT2D eigenvalue weighted by molar-refractivity contribution is 0.111. The third-order valence-corrected chi connectivity index (χ3v) is 2.53. The van der Waals surface area contributed by atoms with Crippen molar-refractivity contribution in [1.82, 2.24) is 9.97 Å². The minimum Gasteiger partial charge on any atom is -0.373 e. The monoisotopic (exact) mass is 237 g/mol. The van der Waals surface area contributed by atoms with E-state index in [1.54, 1.807) is 0 Å². The molecule has 0 aliphatic heterocycles. The zero-order valence-corrected chi connectivity index (χ0v) is 11.1. The SMILES string of the molecule is CCCCCCOCc1nc(C)cc(NC)n1. The minimum atomic E-state index is 0.502. The van der Waals surface area contributed by atoms with Crippen molar-refractivity contribution in [2.45, 2.75) is 46.1 Å². The molecule has 0 fully saturated rings. The lowest BCUT2D eigenvalue weighted by atomic mass is 10.2. The molecular weight excluding hydrogens is 214 g/mol. The summed E-state index contributed by atoms with van der Waals surface area (Å²) in [5.74, 6) is 1.60. The highest BCUT2D eigenvalue weighted by Crippen LogP contribution is 2.06. The van der Waals surface area contributed by atoms with Gasteiger partial charge in [-0.1, -0.05) is 26.2 Å². The molecule has 0 unspecified atom stereocenters. The van der Waals surface area contributed by atoms with Crippen LogP contribution in [0.15, 0.2) is 6.07 Å². The average Bonchev–Trinajstić information content (AvgIpc) is 2.33. The first-order chi connectivity index (χ1) is 8.26. The molecule has 0 aliphatic carbocycles. The van der Waals surface area contributed by atoms with E-state index in [0.29, 0.717) is 6.61 Å². The Morgan fingerprint density at radius 1 is 1.24 bits per heavy atom. The zero-order chi connectivity index (χ0) is 12.5. The predicted molar refractivity (Wildman–Crippen MR) is 70.1 cm³/mol. The van der Waals surface area contributed by atoms with Gasteiger partial charge in [0.2, 0.25) is 0 Å². The van der Waals surface area contributed by atoms with Crippen molar-refractivity contribution in [3.05, 3.63) is 17.6 Å². The van der Waals surface area contributed by atoms with Gasteiger partial charge in [-0.25, -0.2) is 9.97 Å². The van der Waals surface area contributed by atoms with Gasteiger partial charge >= 0.3 is 0 Å². The van der Waals surface area contributed by atoms with Crippen LogP contribution in [0.3, 0.4) is 0 Å². The summed E-state index contributed by atoms with van der Waals surface area (Å²) >= 11 is 0. The van der Waals surface area contributed by atoms with Crippen molar-refractivity contribution < 1.29 is 4.74 Å². The summed E-state index contributed by atoms with van der Waals surface area (Å²) in [6.45, 7) is 5.47. The lowest BCUT2D eigenvalue weighted by Crippen LogP contribution is -2.04. The molecule has 1 aromatic rings. The van der Waals surface area contributed by atoms with E-state index in [1.165, 1.54) is 19.3 Å². The summed E-state index contributed by atoms with van der Waals surface area (Å²) in [6, 6.07) is 1.92. The van der Waals surface area contributed by atoms with Gasteiger partial charge in [0.15, 0.2) is 5.82 Å². The van der Waals surface area contributed by atoms with Crippen LogP contribution in [0, 0.1) is 6.92 Å². The first kappa shape index (κ1) is 13.9. The number of anilines is 1. The molecule has 1 aromatic heterocycles. The fourth-order valence-electron chi connectivity index (χ4n) is 1.62. The van der Waals surface area contributed by atoms with E-state index in [4.69, 9.17) is 4.74 Å². The van der Waals surface area contributed by atoms with Crippen molar-refractivity contribution in [3.63, 3.8) is 0 Å². The van der Waals surface area contributed by atoms with Crippen LogP contribution in [0.5, 0.6) is 0 Å². The number of hydrogen-bond donors (Lipinski definition) is 1. The lowest BCUT2D eigenvalue weighted by Gasteiger charge is -2.06. The fraction of sp³-hybridized carbons (Fsp3) is 0.692. The number of nitrogens with one attached hydrogen (secondary N) is 1. The molecule has 0 aliphatic rings. The number of aromatic nitrogens is 2. The van der Waals surface area contributed by atoms with E-state index in [2.05, 4.69) is 22.2 Å². The first-order valence-corrected chi connectivity index (χ1v) is 6.36. The van der Waals surface area contributed by atoms with E-state index < -0.39 is 0 Å². The molecule has 0 aromatic carbocycles. The van der Waals surface area contributed by atoms with E-state index in [-0.39, 0.29) is 0 Å². The summed E-state index contributed by atoms with van der Waals surface area (Å²) in [5.41, 5.74) is 0.967. The number of unbranched alkanes of at least 4 members (excludes halogenated alkanes) is 3. The predicted octanol–water partition coefficient (Wildman–Crippen LogP) is 2.92. The molecule has 0 amide bonds. The summed E-state index contributed by atoms with van der Waals surface area (Å²) in [6.07, 6.45) is 4.91. The third kappa shape index (κ3) is 5.63. The molecule has 1 heterocycles. The van der Waals surface area contributed by atoms with Gasteiger partial charge in [-0.2, -0.15) is 0 Å². The molecule has 1 rings (SSSR count). The minimum absolute atomic E-state index is 0.502. The van der Waals surface area contributed by atoms with Crippen molar-refractivity contribution in [1.29, 1.82) is 0 Å². The molecule has 1 N–H and O–H groups in total. The van der Waals surface area contributed by atoms with Gasteiger partial charge in [-0.3, -0.25) is 0 Å². The van der Waals surface area contributed by atoms with Crippen molar-refractivity contribution in [3.8, 4) is 0 Å². The summed E-state index contributed by atoms with van der Waals surface area (Å²) in [5, 5.41) is 3.02. The Balaban J connectivity index is 2.28. The van der Waals surface area contributed by atoms with Crippen LogP contribution >= 0.6 is 0 Å². The second kappa shape index (κ2) is 8.01. The van der Waals surface area contributed by atoms with Gasteiger partial charge in [0.25, 0.3) is 0 Å². The van der Waals surface area contributed by atoms with Crippen LogP contribution in [0.25, 0.3) is 0 Å². The smallest absolute Gasteiger partial charge is 0.156 e. The zero-order valence-electron chi connectivity index (χ0n) is 11.1. The molecule has 4 heteroatoms. The molecule has 4 nitrogen and oxygen atoms in total. The van der Waals surface area contributed by atoms with E-state index in [1.807, 2.05) is 20.0 Å². The van der Waals surface area contributed by atoms with Gasteiger partial charge in [0.05, 0.1) is 0 Å². The number of aryl methyl sites for hydroxylation is 1. The normalized spacial score (nSPS) is 10.5. The highest BCUT2D eigenvalue weighted by Gasteiger charge is 2.01. The summed E-state index contributed by atoms with van der Waals surface area (Å²) in [7, 11) is 1.86. The van der Waals surface area contributed by atoms with Gasteiger partial charge < -0.3 is 10.1 Å². The van der Waals surface area contributed by atoms with Crippen molar-refractivity contribution in [2.24, 2.45) is 0 Å². The Labute approximate surface area is 104 Å². The maximum Gasteiger partial charge on any atom is 0.156 e. The summed E-state index contributed by atoms with van der Waals surface area (Å²) < 4.78 is 5.57. The van der Waals surface area contributed by atoms with E-state index in [9.17, 15) is 0 Å². The van der Waals surface area contributed by atoms with Gasteiger partial charge in [-0.05, 0) is 13.3 Å². The van der Waals surface area contributed by atoms with Crippen LogP contribution in [0.2, 0.25) is 0 Å². The van der Waals surface area contributed by atoms with Gasteiger partial charge in [0.1, 0.15) is 12.4 Å². The van der Waals surface area contributed by atoms with Gasteiger partial charge in [0, 0.05) is 25.4 Å². The molecule has 0 saturated carbocycles. The Morgan fingerprint density at radius 3 is 2.76 bits per heavy atom. The quantitative estimate of drug-likeness (QED) is 0.706. The van der Waals surface area contributed by atoms with Crippen molar-refractivity contribution in [2.75, 3.05) is 19.0 Å². The number of nitrogens with zero attached hydrogens (tertiary/aromatic N) is 2. The second-order valence-electron chi connectivity index (χ2n) is 4.17. The second-order valence-corrected chi connectivity index (χ2v) is 4.17. The standard InChI is InChI=1S/C13H23N3O/c1-4-5-6-7-8-17-10-13-15-11(2)9-12(14-3)16-13/h9H,4-8,10H2,1-3H3,(H,14,15,16). The van der Waals surface area contributed by atoms with Crippen molar-refractivity contribution >= 4 is 5.82 Å². The molecule has 17 heavy (non-hydrogen) atoms. The molecule has 0 bridgehead atoms. The van der Waals surface area contributed by atoms with E-state index >= 15 is 0 Å². The van der Waals surface area contributed by atoms with Crippen LogP contribution in [-0.4, -0.2) is 23.6 Å². The summed E-state index contributed by atoms with van der Waals surface area (Å²) in [4.78, 5) is 8.68. The third-order valence-electron chi connectivity index (χ3n) is 2.53. The maximum atomic E-state index is 5.57. The van der Waals surface area contributed by atoms with Crippen LogP contribution < -0.4 is 5.32 Å². The molecule has 0 spiro atoms. The Bertz CT molecular complexity index is 328. The Morgan fingerprint density at radius 2 is 2.06 bits per heavy atom. The highest BCUT2D eigenvalue weighted by atomic mass is 16.5. The molecule has 0 saturated heterocycles. The average molecular weight is 237 g/mol. The van der Waals surface area contributed by atoms with Gasteiger partial charge in [-0.15, -0.1) is 0 Å². The van der Waals surface area contributed by atoms with E-state index in [0.717, 1.165) is 30.4 Å². The molecular formula is C13H23N3O. The largest absolute Gasteiger partial charge is 0.373 e. The molecule has 96 valence electrons. The number of rotatable bonds is 8. The first-order valence-electron chi connectivity index (χ1n) is 6.36. The van der Waals surface area contributed by atoms with Crippen LogP contribution in [0.4, 0.5) is 5.82 Å². The van der Waals surface area contributed by atoms with Crippen LogP contribution in [-0.2, 0) is 11.3 Å². The number of ether oxygens (including phenoxy) is 1. The molecule has 0 atom stereocenters. The highest BCUT2D eigenvalue weighted by molar-refractivity contribution is 5.34.